The van der Waals surface area contributed by atoms with Gasteiger partial charge in [0.15, 0.2) is 0 Å². The SMILES string of the molecule is CCCCCCC(C)[C@H]1CC[C@H]2[C@@H]3CC([N-][N+](=O)[O-])[C@@]4(O)C[C@@H](O)CC[C@]4(C)[C@H]3CC[C@]12C.[K+]. The van der Waals surface area contributed by atoms with E-state index in [4.69, 9.17) is 0 Å². The molecule has 0 aliphatic heterocycles. The molecule has 6 nitrogen and oxygen atoms in total. The molecule has 7 heteroatoms. The van der Waals surface area contributed by atoms with Crippen LogP contribution in [0.15, 0.2) is 0 Å². The quantitative estimate of drug-likeness (QED) is 0.230. The van der Waals surface area contributed by atoms with E-state index in [0.717, 1.165) is 24.7 Å². The summed E-state index contributed by atoms with van der Waals surface area (Å²) < 4.78 is 0. The average Bonchev–Trinajstić information content (AvgIpc) is 3.10. The molecule has 190 valence electrons. The first kappa shape index (κ1) is 29.3. The van der Waals surface area contributed by atoms with Gasteiger partial charge in [0, 0.05) is 6.42 Å². The molecular weight excluding hydrogens is 455 g/mol. The van der Waals surface area contributed by atoms with Gasteiger partial charge in [0.25, 0.3) is 0 Å². The number of fused-ring (bicyclic) bond motifs is 5. The van der Waals surface area contributed by atoms with E-state index in [2.05, 4.69) is 33.1 Å². The van der Waals surface area contributed by atoms with Crippen molar-refractivity contribution in [1.29, 1.82) is 0 Å². The summed E-state index contributed by atoms with van der Waals surface area (Å²) >= 11 is 0. The summed E-state index contributed by atoms with van der Waals surface area (Å²) in [4.78, 5) is 11.5. The Morgan fingerprint density at radius 1 is 1.09 bits per heavy atom. The molecule has 0 aromatic rings. The zero-order chi connectivity index (χ0) is 24.0. The predicted octanol–water partition coefficient (Wildman–Crippen LogP) is 3.28. The van der Waals surface area contributed by atoms with Crippen molar-refractivity contribution < 1.29 is 66.6 Å². The summed E-state index contributed by atoms with van der Waals surface area (Å²) in [5.41, 5.74) is 2.48. The van der Waals surface area contributed by atoms with E-state index in [1.807, 2.05) is 0 Å². The molecule has 4 fully saturated rings. The summed E-state index contributed by atoms with van der Waals surface area (Å²) in [6.45, 7) is 9.40. The summed E-state index contributed by atoms with van der Waals surface area (Å²) in [7, 11) is 0. The monoisotopic (exact) mass is 502 g/mol. The van der Waals surface area contributed by atoms with Crippen LogP contribution >= 0.6 is 0 Å². The van der Waals surface area contributed by atoms with Crippen LogP contribution in [0, 0.1) is 50.5 Å². The molecule has 10 atom stereocenters. The van der Waals surface area contributed by atoms with E-state index in [-0.39, 0.29) is 57.8 Å². The Morgan fingerprint density at radius 3 is 2.50 bits per heavy atom. The molecule has 4 saturated carbocycles. The maximum atomic E-state index is 11.9. The van der Waals surface area contributed by atoms with Crippen molar-refractivity contribution in [3.63, 3.8) is 0 Å². The number of unbranched alkanes of at least 4 members (excludes halogenated alkanes) is 3. The molecular formula is C27H47KN2O4. The minimum absolute atomic E-state index is 0. The van der Waals surface area contributed by atoms with Crippen LogP contribution in [0.5, 0.6) is 0 Å². The fraction of sp³-hybridized carbons (Fsp3) is 1.00. The van der Waals surface area contributed by atoms with Crippen LogP contribution in [0.3, 0.4) is 0 Å². The first-order valence-electron chi connectivity index (χ1n) is 13.8. The third kappa shape index (κ3) is 4.94. The Bertz CT molecular complexity index is 725. The Kier molecular flexibility index (Phi) is 9.69. The van der Waals surface area contributed by atoms with E-state index in [1.165, 1.54) is 51.4 Å². The van der Waals surface area contributed by atoms with Crippen molar-refractivity contribution >= 4 is 0 Å². The molecule has 0 bridgehead atoms. The number of aliphatic hydroxyl groups is 2. The van der Waals surface area contributed by atoms with Crippen LogP contribution in [0.1, 0.15) is 111 Å². The number of aliphatic hydroxyl groups excluding tert-OH is 1. The maximum absolute atomic E-state index is 11.9. The van der Waals surface area contributed by atoms with E-state index in [1.54, 1.807) is 0 Å². The van der Waals surface area contributed by atoms with E-state index in [0.29, 0.717) is 36.0 Å². The standard InChI is InChI=1S/C27H47N2O4.K/c1-5-6-7-8-9-18(2)21-10-11-22-20-16-24(28-29(32)33)27(31)17-19(30)12-15-26(27,4)23(20)13-14-25(21,22)3;/h18-24,30-31H,5-17H2,1-4H3;/q-1;+1/t18?,19-,20-,21+,22-,23-,24?,25+,26+,27-;/m0./s1. The summed E-state index contributed by atoms with van der Waals surface area (Å²) in [6, 6.07) is -0.721. The van der Waals surface area contributed by atoms with Gasteiger partial charge in [0.2, 0.25) is 0 Å². The van der Waals surface area contributed by atoms with Crippen LogP contribution in [-0.2, 0) is 0 Å². The fourth-order valence-corrected chi connectivity index (χ4v) is 9.59. The molecule has 0 spiro atoms. The topological polar surface area (TPSA) is 97.7 Å². The Balaban J connectivity index is 0.00000324. The Labute approximate surface area is 249 Å². The molecule has 4 rings (SSSR count). The first-order valence-corrected chi connectivity index (χ1v) is 13.8. The van der Waals surface area contributed by atoms with Crippen molar-refractivity contribution in [1.82, 2.24) is 0 Å². The average molecular weight is 503 g/mol. The normalized spacial score (nSPS) is 46.4. The van der Waals surface area contributed by atoms with E-state index < -0.39 is 28.2 Å². The molecule has 4 aliphatic rings. The Hall–Kier alpha value is 0.756. The third-order valence-corrected chi connectivity index (χ3v) is 11.3. The zero-order valence-electron chi connectivity index (χ0n) is 22.3. The van der Waals surface area contributed by atoms with E-state index in [9.17, 15) is 20.3 Å². The van der Waals surface area contributed by atoms with Gasteiger partial charge >= 0.3 is 51.4 Å². The van der Waals surface area contributed by atoms with Gasteiger partial charge in [-0.2, -0.15) is 0 Å². The fourth-order valence-electron chi connectivity index (χ4n) is 9.59. The summed E-state index contributed by atoms with van der Waals surface area (Å²) in [6.07, 6.45) is 13.0. The molecule has 0 amide bonds. The van der Waals surface area contributed by atoms with E-state index >= 15 is 0 Å². The summed E-state index contributed by atoms with van der Waals surface area (Å²) in [5.74, 6) is 2.78. The molecule has 4 aliphatic carbocycles. The molecule has 2 unspecified atom stereocenters. The van der Waals surface area contributed by atoms with Crippen LogP contribution < -0.4 is 51.4 Å². The number of nitrogens with zero attached hydrogens (tertiary/aromatic N) is 2. The number of rotatable bonds is 8. The van der Waals surface area contributed by atoms with Gasteiger partial charge in [-0.05, 0) is 90.0 Å². The van der Waals surface area contributed by atoms with Gasteiger partial charge in [-0.25, -0.2) is 0 Å². The summed E-state index contributed by atoms with van der Waals surface area (Å²) in [5, 5.41) is 33.2. The van der Waals surface area contributed by atoms with Crippen molar-refractivity contribution in [2.24, 2.45) is 40.4 Å². The van der Waals surface area contributed by atoms with Gasteiger partial charge in [0.1, 0.15) is 0 Å². The molecule has 0 aromatic carbocycles. The van der Waals surface area contributed by atoms with Crippen molar-refractivity contribution in [3.8, 4) is 0 Å². The molecule has 0 radical (unpaired) electrons. The van der Waals surface area contributed by atoms with Crippen molar-refractivity contribution in [2.45, 2.75) is 129 Å². The van der Waals surface area contributed by atoms with Crippen molar-refractivity contribution in [2.75, 3.05) is 0 Å². The van der Waals surface area contributed by atoms with Crippen molar-refractivity contribution in [3.05, 3.63) is 15.5 Å². The minimum Gasteiger partial charge on any atom is -0.393 e. The van der Waals surface area contributed by atoms with Gasteiger partial charge in [0.05, 0.1) is 11.7 Å². The molecule has 2 N–H and O–H groups in total. The second-order valence-corrected chi connectivity index (χ2v) is 12.8. The molecule has 0 heterocycles. The minimum atomic E-state index is -1.28. The van der Waals surface area contributed by atoms with Crippen LogP contribution in [0.4, 0.5) is 0 Å². The first-order chi connectivity index (χ1) is 15.6. The number of hydrogen-bond donors (Lipinski definition) is 2. The zero-order valence-corrected chi connectivity index (χ0v) is 25.5. The molecule has 34 heavy (non-hydrogen) atoms. The smallest absolute Gasteiger partial charge is 0.393 e. The number of nitro groups is 1. The number of hydrogen-bond acceptors (Lipinski definition) is 4. The second kappa shape index (κ2) is 11.2. The molecule has 0 aromatic heterocycles. The predicted molar refractivity (Wildman–Crippen MR) is 130 cm³/mol. The van der Waals surface area contributed by atoms with Gasteiger partial charge in [-0.15, -0.1) is 0 Å². The van der Waals surface area contributed by atoms with Crippen LogP contribution in [-0.4, -0.2) is 33.0 Å². The molecule has 0 saturated heterocycles. The van der Waals surface area contributed by atoms with Gasteiger partial charge < -0.3 is 15.6 Å². The second-order valence-electron chi connectivity index (χ2n) is 12.8. The van der Waals surface area contributed by atoms with Gasteiger partial charge in [-0.1, -0.05) is 66.2 Å². The van der Waals surface area contributed by atoms with Crippen LogP contribution in [0.2, 0.25) is 0 Å². The largest absolute Gasteiger partial charge is 1.00 e. The van der Waals surface area contributed by atoms with Gasteiger partial charge in [-0.3, -0.25) is 10.1 Å². The maximum Gasteiger partial charge on any atom is 1.00 e. The Morgan fingerprint density at radius 2 is 1.82 bits per heavy atom. The third-order valence-electron chi connectivity index (χ3n) is 11.3. The van der Waals surface area contributed by atoms with Crippen LogP contribution in [0.25, 0.3) is 5.43 Å².